The number of ether oxygens (including phenoxy) is 1. The first kappa shape index (κ1) is 13.5. The highest BCUT2D eigenvalue weighted by Gasteiger charge is 2.08. The third-order valence-electron chi connectivity index (χ3n) is 2.38. The molecule has 0 aliphatic rings. The first-order chi connectivity index (χ1) is 9.10. The van der Waals surface area contributed by atoms with Gasteiger partial charge in [-0.15, -0.1) is 0 Å². The summed E-state index contributed by atoms with van der Waals surface area (Å²) in [5.74, 6) is 0.589. The van der Waals surface area contributed by atoms with Gasteiger partial charge in [0.25, 0.3) is 0 Å². The Bertz CT molecular complexity index is 618. The highest BCUT2D eigenvalue weighted by atomic mass is 79.9. The van der Waals surface area contributed by atoms with Gasteiger partial charge in [-0.25, -0.2) is 4.98 Å². The van der Waals surface area contributed by atoms with Crippen molar-refractivity contribution in [1.29, 1.82) is 5.26 Å². The van der Waals surface area contributed by atoms with Crippen LogP contribution in [0.1, 0.15) is 19.4 Å². The molecule has 1 aromatic carbocycles. The third kappa shape index (κ3) is 3.30. The van der Waals surface area contributed by atoms with Crippen LogP contribution in [0, 0.1) is 11.3 Å². The standard InChI is InChI=1S/C14H12BrN3O/c1-9(2)19-13-4-3-10(5-11(13)6-16)12-7-18-14(15)8-17-12/h3-5,7-9H,1-2H3. The second kappa shape index (κ2) is 5.81. The van der Waals surface area contributed by atoms with Crippen LogP contribution in [-0.2, 0) is 0 Å². The molecule has 0 saturated heterocycles. The number of halogens is 1. The third-order valence-corrected chi connectivity index (χ3v) is 2.79. The molecule has 0 amide bonds. The molecule has 96 valence electrons. The van der Waals surface area contributed by atoms with Crippen LogP contribution in [0.3, 0.4) is 0 Å². The Labute approximate surface area is 120 Å². The highest BCUT2D eigenvalue weighted by molar-refractivity contribution is 9.10. The molecule has 0 atom stereocenters. The SMILES string of the molecule is CC(C)Oc1ccc(-c2cnc(Br)cn2)cc1C#N. The summed E-state index contributed by atoms with van der Waals surface area (Å²) in [5, 5.41) is 9.17. The van der Waals surface area contributed by atoms with Crippen LogP contribution in [0.5, 0.6) is 5.75 Å². The smallest absolute Gasteiger partial charge is 0.137 e. The molecule has 4 nitrogen and oxygen atoms in total. The fraction of sp³-hybridized carbons (Fsp3) is 0.214. The van der Waals surface area contributed by atoms with E-state index in [4.69, 9.17) is 4.74 Å². The topological polar surface area (TPSA) is 58.8 Å². The molecule has 5 heteroatoms. The van der Waals surface area contributed by atoms with Gasteiger partial charge in [0, 0.05) is 5.56 Å². The van der Waals surface area contributed by atoms with E-state index < -0.39 is 0 Å². The molecule has 0 fully saturated rings. The van der Waals surface area contributed by atoms with E-state index in [0.717, 1.165) is 11.3 Å². The number of benzene rings is 1. The zero-order valence-electron chi connectivity index (χ0n) is 10.6. The predicted molar refractivity (Wildman–Crippen MR) is 75.6 cm³/mol. The molecular weight excluding hydrogens is 306 g/mol. The van der Waals surface area contributed by atoms with Gasteiger partial charge in [-0.05, 0) is 48.0 Å². The van der Waals surface area contributed by atoms with Crippen molar-refractivity contribution in [1.82, 2.24) is 9.97 Å². The van der Waals surface area contributed by atoms with E-state index in [9.17, 15) is 5.26 Å². The van der Waals surface area contributed by atoms with E-state index in [0.29, 0.717) is 15.9 Å². The zero-order valence-corrected chi connectivity index (χ0v) is 12.2. The first-order valence-corrected chi connectivity index (χ1v) is 6.58. The van der Waals surface area contributed by atoms with Gasteiger partial charge in [-0.3, -0.25) is 4.98 Å². The Morgan fingerprint density at radius 3 is 2.63 bits per heavy atom. The van der Waals surface area contributed by atoms with Crippen molar-refractivity contribution in [3.63, 3.8) is 0 Å². The summed E-state index contributed by atoms with van der Waals surface area (Å²) >= 11 is 3.24. The minimum absolute atomic E-state index is 0.0328. The minimum Gasteiger partial charge on any atom is -0.490 e. The lowest BCUT2D eigenvalue weighted by molar-refractivity contribution is 0.242. The summed E-state index contributed by atoms with van der Waals surface area (Å²) in [6.45, 7) is 3.85. The molecule has 0 bridgehead atoms. The van der Waals surface area contributed by atoms with Gasteiger partial charge >= 0.3 is 0 Å². The van der Waals surface area contributed by atoms with E-state index in [2.05, 4.69) is 32.0 Å². The summed E-state index contributed by atoms with van der Waals surface area (Å²) in [6, 6.07) is 7.56. The van der Waals surface area contributed by atoms with E-state index in [1.165, 1.54) is 0 Å². The molecule has 1 aromatic heterocycles. The molecule has 0 unspecified atom stereocenters. The molecular formula is C14H12BrN3O. The number of rotatable bonds is 3. The second-order valence-corrected chi connectivity index (χ2v) is 5.03. The fourth-order valence-corrected chi connectivity index (χ4v) is 1.80. The summed E-state index contributed by atoms with van der Waals surface area (Å²) in [5.41, 5.74) is 2.05. The molecule has 2 rings (SSSR count). The average Bonchev–Trinajstić information content (AvgIpc) is 2.39. The maximum atomic E-state index is 9.17. The van der Waals surface area contributed by atoms with Crippen molar-refractivity contribution in [2.45, 2.75) is 20.0 Å². The van der Waals surface area contributed by atoms with Crippen molar-refractivity contribution in [2.24, 2.45) is 0 Å². The van der Waals surface area contributed by atoms with Crippen LogP contribution < -0.4 is 4.74 Å². The zero-order chi connectivity index (χ0) is 13.8. The summed E-state index contributed by atoms with van der Waals surface area (Å²) < 4.78 is 6.26. The van der Waals surface area contributed by atoms with E-state index in [1.807, 2.05) is 19.9 Å². The maximum absolute atomic E-state index is 9.17. The van der Waals surface area contributed by atoms with Gasteiger partial charge in [0.1, 0.15) is 16.4 Å². The number of nitrogens with zero attached hydrogens (tertiary/aromatic N) is 3. The number of hydrogen-bond acceptors (Lipinski definition) is 4. The van der Waals surface area contributed by atoms with Crippen LogP contribution in [-0.4, -0.2) is 16.1 Å². The van der Waals surface area contributed by atoms with Crippen LogP contribution in [0.15, 0.2) is 35.2 Å². The van der Waals surface area contributed by atoms with Crippen molar-refractivity contribution >= 4 is 15.9 Å². The normalized spacial score (nSPS) is 10.3. The Kier molecular flexibility index (Phi) is 4.13. The number of nitriles is 1. The van der Waals surface area contributed by atoms with E-state index >= 15 is 0 Å². The predicted octanol–water partition coefficient (Wildman–Crippen LogP) is 3.56. The van der Waals surface area contributed by atoms with Gasteiger partial charge in [0.05, 0.1) is 29.8 Å². The van der Waals surface area contributed by atoms with Crippen LogP contribution >= 0.6 is 15.9 Å². The largest absolute Gasteiger partial charge is 0.490 e. The van der Waals surface area contributed by atoms with Crippen molar-refractivity contribution < 1.29 is 4.74 Å². The molecule has 0 saturated carbocycles. The average molecular weight is 318 g/mol. The van der Waals surface area contributed by atoms with Gasteiger partial charge < -0.3 is 4.74 Å². The lowest BCUT2D eigenvalue weighted by Gasteiger charge is -2.11. The van der Waals surface area contributed by atoms with Crippen molar-refractivity contribution in [3.8, 4) is 23.1 Å². The summed E-state index contributed by atoms with van der Waals surface area (Å²) in [7, 11) is 0. The van der Waals surface area contributed by atoms with E-state index in [-0.39, 0.29) is 6.10 Å². The number of aromatic nitrogens is 2. The maximum Gasteiger partial charge on any atom is 0.137 e. The summed E-state index contributed by atoms with van der Waals surface area (Å²) in [4.78, 5) is 8.38. The molecule has 0 aliphatic carbocycles. The van der Waals surface area contributed by atoms with Gasteiger partial charge in [-0.1, -0.05) is 0 Å². The molecule has 1 heterocycles. The first-order valence-electron chi connectivity index (χ1n) is 5.79. The second-order valence-electron chi connectivity index (χ2n) is 4.21. The van der Waals surface area contributed by atoms with Gasteiger partial charge in [0.2, 0.25) is 0 Å². The lowest BCUT2D eigenvalue weighted by Crippen LogP contribution is -2.06. The van der Waals surface area contributed by atoms with Crippen LogP contribution in [0.2, 0.25) is 0 Å². The Balaban J connectivity index is 2.39. The van der Waals surface area contributed by atoms with Crippen molar-refractivity contribution in [3.05, 3.63) is 40.8 Å². The lowest BCUT2D eigenvalue weighted by atomic mass is 10.1. The highest BCUT2D eigenvalue weighted by Crippen LogP contribution is 2.25. The van der Waals surface area contributed by atoms with Gasteiger partial charge in [-0.2, -0.15) is 5.26 Å². The molecule has 0 N–H and O–H groups in total. The Morgan fingerprint density at radius 2 is 2.05 bits per heavy atom. The molecule has 0 spiro atoms. The summed E-state index contributed by atoms with van der Waals surface area (Å²) in [6.07, 6.45) is 3.31. The van der Waals surface area contributed by atoms with Crippen LogP contribution in [0.25, 0.3) is 11.3 Å². The fourth-order valence-electron chi connectivity index (χ4n) is 1.59. The molecule has 19 heavy (non-hydrogen) atoms. The number of hydrogen-bond donors (Lipinski definition) is 0. The molecule has 2 aromatic rings. The quantitative estimate of drug-likeness (QED) is 0.868. The molecule has 0 radical (unpaired) electrons. The minimum atomic E-state index is 0.0328. The van der Waals surface area contributed by atoms with Gasteiger partial charge in [0.15, 0.2) is 0 Å². The van der Waals surface area contributed by atoms with Crippen LogP contribution in [0.4, 0.5) is 0 Å². The Hall–Kier alpha value is -1.93. The van der Waals surface area contributed by atoms with E-state index in [1.54, 1.807) is 24.5 Å². The van der Waals surface area contributed by atoms with Crippen molar-refractivity contribution in [2.75, 3.05) is 0 Å². The molecule has 0 aliphatic heterocycles. The monoisotopic (exact) mass is 317 g/mol. The Morgan fingerprint density at radius 1 is 1.26 bits per heavy atom.